The van der Waals surface area contributed by atoms with Gasteiger partial charge in [0.1, 0.15) is 0 Å². The van der Waals surface area contributed by atoms with Gasteiger partial charge in [-0.25, -0.2) is 0 Å². The molecule has 0 fully saturated rings. The Bertz CT molecular complexity index is 938. The van der Waals surface area contributed by atoms with Gasteiger partial charge >= 0.3 is 0 Å². The van der Waals surface area contributed by atoms with Crippen LogP contribution in [0.4, 0.5) is 0 Å². The third kappa shape index (κ3) is 2.53. The summed E-state index contributed by atoms with van der Waals surface area (Å²) in [6.45, 7) is 0. The smallest absolute Gasteiger partial charge is 0.217 e. The number of fused-ring (bicyclic) bond motifs is 3. The van der Waals surface area contributed by atoms with Crippen LogP contribution in [0.15, 0.2) is 65.8 Å². The zero-order valence-corrected chi connectivity index (χ0v) is 13.3. The molecule has 0 aliphatic heterocycles. The van der Waals surface area contributed by atoms with E-state index in [1.165, 1.54) is 15.8 Å². The first-order valence-electron chi connectivity index (χ1n) is 6.99. The summed E-state index contributed by atoms with van der Waals surface area (Å²) in [6.07, 6.45) is 4.30. The van der Waals surface area contributed by atoms with Crippen LogP contribution in [0, 0.1) is 0 Å². The normalized spacial score (nSPS) is 11.8. The second kappa shape index (κ2) is 5.94. The Balaban J connectivity index is 1.56. The minimum absolute atomic E-state index is 0.875. The van der Waals surface area contributed by atoms with E-state index in [-0.39, 0.29) is 0 Å². The topological polar surface area (TPSA) is 30.2 Å². The van der Waals surface area contributed by atoms with E-state index in [1.54, 1.807) is 23.1 Å². The van der Waals surface area contributed by atoms with Crippen LogP contribution in [-0.2, 0) is 0 Å². The Morgan fingerprint density at radius 3 is 2.73 bits per heavy atom. The molecule has 2 aromatic heterocycles. The summed E-state index contributed by atoms with van der Waals surface area (Å²) >= 11 is 3.38. The molecule has 2 heterocycles. The predicted molar refractivity (Wildman–Crippen MR) is 94.6 cm³/mol. The Morgan fingerprint density at radius 1 is 1.00 bits per heavy atom. The van der Waals surface area contributed by atoms with Crippen LogP contribution >= 0.6 is 23.1 Å². The number of aromatic nitrogens is 3. The van der Waals surface area contributed by atoms with Crippen molar-refractivity contribution in [2.45, 2.75) is 5.16 Å². The van der Waals surface area contributed by atoms with Gasteiger partial charge in [0.2, 0.25) is 4.96 Å². The lowest BCUT2D eigenvalue weighted by Gasteiger charge is -1.96. The van der Waals surface area contributed by atoms with Crippen LogP contribution in [-0.4, -0.2) is 20.4 Å². The fourth-order valence-electron chi connectivity index (χ4n) is 2.32. The van der Waals surface area contributed by atoms with Crippen molar-refractivity contribution in [1.29, 1.82) is 0 Å². The van der Waals surface area contributed by atoms with Gasteiger partial charge in [0, 0.05) is 5.75 Å². The highest BCUT2D eigenvalue weighted by Gasteiger charge is 2.11. The van der Waals surface area contributed by atoms with E-state index in [0.29, 0.717) is 0 Å². The molecular formula is C17H13N3S2. The third-order valence-electron chi connectivity index (χ3n) is 3.33. The van der Waals surface area contributed by atoms with E-state index in [0.717, 1.165) is 15.9 Å². The van der Waals surface area contributed by atoms with Crippen LogP contribution in [0.3, 0.4) is 0 Å². The van der Waals surface area contributed by atoms with Gasteiger partial charge in [-0.05, 0) is 17.7 Å². The number of para-hydroxylation sites is 1. The molecule has 0 bridgehead atoms. The van der Waals surface area contributed by atoms with Gasteiger partial charge in [-0.2, -0.15) is 0 Å². The lowest BCUT2D eigenvalue weighted by molar-refractivity contribution is 0.943. The van der Waals surface area contributed by atoms with Crippen molar-refractivity contribution in [3.63, 3.8) is 0 Å². The van der Waals surface area contributed by atoms with Gasteiger partial charge in [0.05, 0.1) is 10.2 Å². The predicted octanol–water partition coefficient (Wildman–Crippen LogP) is 4.75. The summed E-state index contributed by atoms with van der Waals surface area (Å²) in [4.78, 5) is 0.954. The fraction of sp³-hybridized carbons (Fsp3) is 0.0588. The molecule has 0 radical (unpaired) electrons. The molecule has 0 N–H and O–H groups in total. The van der Waals surface area contributed by atoms with Crippen molar-refractivity contribution in [1.82, 2.24) is 14.6 Å². The first-order valence-corrected chi connectivity index (χ1v) is 8.79. The first-order chi connectivity index (χ1) is 10.9. The highest BCUT2D eigenvalue weighted by molar-refractivity contribution is 7.99. The molecule has 0 spiro atoms. The Hall–Kier alpha value is -2.11. The van der Waals surface area contributed by atoms with Gasteiger partial charge in [-0.1, -0.05) is 77.7 Å². The van der Waals surface area contributed by atoms with Crippen molar-refractivity contribution < 1.29 is 0 Å². The van der Waals surface area contributed by atoms with Gasteiger partial charge in [-0.15, -0.1) is 10.2 Å². The molecule has 0 aliphatic carbocycles. The third-order valence-corrected chi connectivity index (χ3v) is 5.22. The zero-order chi connectivity index (χ0) is 14.8. The quantitative estimate of drug-likeness (QED) is 0.508. The summed E-state index contributed by atoms with van der Waals surface area (Å²) < 4.78 is 3.38. The molecule has 0 saturated heterocycles. The maximum absolute atomic E-state index is 4.30. The Kier molecular flexibility index (Phi) is 3.66. The first kappa shape index (κ1) is 13.5. The molecule has 2 aromatic carbocycles. The van der Waals surface area contributed by atoms with Gasteiger partial charge in [0.15, 0.2) is 5.16 Å². The second-order valence-corrected chi connectivity index (χ2v) is 6.79. The number of rotatable bonds is 4. The highest BCUT2D eigenvalue weighted by atomic mass is 32.2. The van der Waals surface area contributed by atoms with E-state index in [2.05, 4.69) is 63.1 Å². The maximum atomic E-state index is 4.30. The summed E-state index contributed by atoms with van der Waals surface area (Å²) in [7, 11) is 0. The standard InChI is InChI=1S/C17H13N3S2/c1-2-7-13(8-3-1)9-6-12-21-16-18-19-17-20(16)14-10-4-5-11-15(14)22-17/h1-11H,12H2. The highest BCUT2D eigenvalue weighted by Crippen LogP contribution is 2.29. The number of hydrogen-bond acceptors (Lipinski definition) is 4. The number of hydrogen-bond donors (Lipinski definition) is 0. The SMILES string of the molecule is C(=Cc1ccccc1)CSc1nnc2sc3ccccc3n12. The van der Waals surface area contributed by atoms with E-state index in [1.807, 2.05) is 18.2 Å². The van der Waals surface area contributed by atoms with Crippen molar-refractivity contribution in [3.8, 4) is 0 Å². The molecule has 0 aliphatic rings. The average Bonchev–Trinajstić information content (AvgIpc) is 3.12. The summed E-state index contributed by atoms with van der Waals surface area (Å²) in [5.74, 6) is 0.875. The van der Waals surface area contributed by atoms with Crippen LogP contribution in [0.2, 0.25) is 0 Å². The lowest BCUT2D eigenvalue weighted by atomic mass is 10.2. The average molecular weight is 323 g/mol. The number of thioether (sulfide) groups is 1. The van der Waals surface area contributed by atoms with E-state index >= 15 is 0 Å². The summed E-state index contributed by atoms with van der Waals surface area (Å²) in [5.41, 5.74) is 2.40. The van der Waals surface area contributed by atoms with Crippen molar-refractivity contribution in [2.75, 3.05) is 5.75 Å². The number of thiazole rings is 1. The largest absolute Gasteiger partial charge is 0.260 e. The van der Waals surface area contributed by atoms with Crippen molar-refractivity contribution >= 4 is 44.4 Å². The fourth-order valence-corrected chi connectivity index (χ4v) is 4.10. The molecule has 108 valence electrons. The van der Waals surface area contributed by atoms with Crippen LogP contribution in [0.25, 0.3) is 21.3 Å². The molecule has 0 atom stereocenters. The Labute approximate surface area is 136 Å². The van der Waals surface area contributed by atoms with Crippen LogP contribution in [0.5, 0.6) is 0 Å². The number of benzene rings is 2. The molecule has 3 nitrogen and oxygen atoms in total. The molecule has 4 rings (SSSR count). The molecule has 22 heavy (non-hydrogen) atoms. The second-order valence-electron chi connectivity index (χ2n) is 4.79. The van der Waals surface area contributed by atoms with Gasteiger partial charge < -0.3 is 0 Å². The van der Waals surface area contributed by atoms with Gasteiger partial charge in [0.25, 0.3) is 0 Å². The molecule has 0 unspecified atom stereocenters. The maximum Gasteiger partial charge on any atom is 0.217 e. The van der Waals surface area contributed by atoms with E-state index in [9.17, 15) is 0 Å². The van der Waals surface area contributed by atoms with Gasteiger partial charge in [-0.3, -0.25) is 4.40 Å². The summed E-state index contributed by atoms with van der Waals surface area (Å²) in [6, 6.07) is 18.7. The minimum atomic E-state index is 0.875. The Morgan fingerprint density at radius 2 is 1.82 bits per heavy atom. The molecule has 0 saturated carbocycles. The molecular weight excluding hydrogens is 310 g/mol. The number of nitrogens with zero attached hydrogens (tertiary/aromatic N) is 3. The zero-order valence-electron chi connectivity index (χ0n) is 11.7. The lowest BCUT2D eigenvalue weighted by Crippen LogP contribution is -1.85. The molecule has 0 amide bonds. The minimum Gasteiger partial charge on any atom is -0.260 e. The van der Waals surface area contributed by atoms with Crippen LogP contribution < -0.4 is 0 Å². The molecule has 4 aromatic rings. The van der Waals surface area contributed by atoms with Crippen molar-refractivity contribution in [2.24, 2.45) is 0 Å². The van der Waals surface area contributed by atoms with Crippen LogP contribution in [0.1, 0.15) is 5.56 Å². The van der Waals surface area contributed by atoms with Crippen molar-refractivity contribution in [3.05, 3.63) is 66.2 Å². The summed E-state index contributed by atoms with van der Waals surface area (Å²) in [5, 5.41) is 9.53. The monoisotopic (exact) mass is 323 g/mol. The van der Waals surface area contributed by atoms with E-state index < -0.39 is 0 Å². The van der Waals surface area contributed by atoms with E-state index in [4.69, 9.17) is 0 Å². The molecule has 5 heteroatoms.